The van der Waals surface area contributed by atoms with E-state index in [9.17, 15) is 4.79 Å². The predicted octanol–water partition coefficient (Wildman–Crippen LogP) is 1.66. The lowest BCUT2D eigenvalue weighted by molar-refractivity contribution is 0.0950. The van der Waals surface area contributed by atoms with Crippen LogP contribution in [0.25, 0.3) is 5.65 Å². The summed E-state index contributed by atoms with van der Waals surface area (Å²) in [5.41, 5.74) is 2.26. The zero-order chi connectivity index (χ0) is 13.1. The van der Waals surface area contributed by atoms with E-state index in [2.05, 4.69) is 15.4 Å². The van der Waals surface area contributed by atoms with Crippen LogP contribution in [-0.2, 0) is 6.54 Å². The largest absolute Gasteiger partial charge is 0.346 e. The number of fused-ring (bicyclic) bond motifs is 1. The highest BCUT2D eigenvalue weighted by Crippen LogP contribution is 2.04. The van der Waals surface area contributed by atoms with Crippen molar-refractivity contribution in [3.63, 3.8) is 0 Å². The number of amides is 1. The molecule has 0 aliphatic carbocycles. The maximum atomic E-state index is 11.9. The first-order chi connectivity index (χ1) is 9.34. The molecule has 3 aromatic rings. The average Bonchev–Trinajstić information content (AvgIpc) is 2.89. The number of carbonyl (C=O) groups is 1. The van der Waals surface area contributed by atoms with Crippen molar-refractivity contribution >= 4 is 11.6 Å². The van der Waals surface area contributed by atoms with Gasteiger partial charge in [-0.3, -0.25) is 4.79 Å². The summed E-state index contributed by atoms with van der Waals surface area (Å²) in [6.45, 7) is 0.395. The predicted molar refractivity (Wildman–Crippen MR) is 70.6 cm³/mol. The Morgan fingerprint density at radius 2 is 2.00 bits per heavy atom. The summed E-state index contributed by atoms with van der Waals surface area (Å²) in [4.78, 5) is 16.1. The van der Waals surface area contributed by atoms with Crippen molar-refractivity contribution in [1.29, 1.82) is 0 Å². The Bertz CT molecular complexity index is 706. The van der Waals surface area contributed by atoms with Crippen LogP contribution < -0.4 is 5.32 Å². The molecular formula is C14H12N4O. The van der Waals surface area contributed by atoms with Gasteiger partial charge in [-0.15, -0.1) is 0 Å². The summed E-state index contributed by atoms with van der Waals surface area (Å²) in [6.07, 6.45) is 3.41. The third-order valence-corrected chi connectivity index (χ3v) is 2.81. The zero-order valence-electron chi connectivity index (χ0n) is 10.2. The number of nitrogens with zero attached hydrogens (tertiary/aromatic N) is 3. The van der Waals surface area contributed by atoms with E-state index < -0.39 is 0 Å². The van der Waals surface area contributed by atoms with Gasteiger partial charge in [0.2, 0.25) is 0 Å². The topological polar surface area (TPSA) is 59.3 Å². The summed E-state index contributed by atoms with van der Waals surface area (Å²) in [6, 6.07) is 12.8. The molecule has 0 saturated carbocycles. The Morgan fingerprint density at radius 3 is 2.84 bits per heavy atom. The molecule has 1 amide bonds. The molecule has 1 N–H and O–H groups in total. The molecule has 0 aliphatic rings. The van der Waals surface area contributed by atoms with Gasteiger partial charge in [-0.25, -0.2) is 9.50 Å². The molecule has 94 valence electrons. The van der Waals surface area contributed by atoms with Gasteiger partial charge in [-0.05, 0) is 24.3 Å². The lowest BCUT2D eigenvalue weighted by atomic mass is 10.2. The molecule has 0 unspecified atom stereocenters. The van der Waals surface area contributed by atoms with Crippen molar-refractivity contribution in [2.45, 2.75) is 6.54 Å². The van der Waals surface area contributed by atoms with Crippen molar-refractivity contribution < 1.29 is 4.79 Å². The molecule has 0 radical (unpaired) electrons. The summed E-state index contributed by atoms with van der Waals surface area (Å²) in [7, 11) is 0. The maximum absolute atomic E-state index is 11.9. The van der Waals surface area contributed by atoms with Gasteiger partial charge >= 0.3 is 0 Å². The molecular weight excluding hydrogens is 240 g/mol. The Hall–Kier alpha value is -2.69. The lowest BCUT2D eigenvalue weighted by Crippen LogP contribution is -2.23. The standard InChI is InChI=1S/C14H12N4O/c19-14(11-5-2-1-3-6-11)16-10-12-9-15-13-7-4-8-17-18(12)13/h1-9H,10H2,(H,16,19). The van der Waals surface area contributed by atoms with Crippen LogP contribution in [-0.4, -0.2) is 20.5 Å². The van der Waals surface area contributed by atoms with Gasteiger partial charge < -0.3 is 5.32 Å². The fraction of sp³-hybridized carbons (Fsp3) is 0.0714. The number of hydrogen-bond acceptors (Lipinski definition) is 3. The normalized spacial score (nSPS) is 10.5. The highest BCUT2D eigenvalue weighted by molar-refractivity contribution is 5.94. The summed E-state index contributed by atoms with van der Waals surface area (Å²) < 4.78 is 1.71. The van der Waals surface area contributed by atoms with Gasteiger partial charge in [-0.2, -0.15) is 5.10 Å². The van der Waals surface area contributed by atoms with E-state index >= 15 is 0 Å². The molecule has 0 aliphatic heterocycles. The molecule has 0 bridgehead atoms. The van der Waals surface area contributed by atoms with E-state index in [0.717, 1.165) is 11.3 Å². The average molecular weight is 252 g/mol. The molecule has 19 heavy (non-hydrogen) atoms. The van der Waals surface area contributed by atoms with Gasteiger partial charge in [0, 0.05) is 11.8 Å². The van der Waals surface area contributed by atoms with Crippen LogP contribution >= 0.6 is 0 Å². The van der Waals surface area contributed by atoms with Gasteiger partial charge in [0.15, 0.2) is 5.65 Å². The molecule has 5 nitrogen and oxygen atoms in total. The smallest absolute Gasteiger partial charge is 0.251 e. The molecule has 0 fully saturated rings. The second-order valence-electron chi connectivity index (χ2n) is 4.09. The quantitative estimate of drug-likeness (QED) is 0.771. The SMILES string of the molecule is O=C(NCc1cnc2cccnn12)c1ccccc1. The van der Waals surface area contributed by atoms with Crippen LogP contribution in [0, 0.1) is 0 Å². The van der Waals surface area contributed by atoms with E-state index in [1.54, 1.807) is 29.0 Å². The monoisotopic (exact) mass is 252 g/mol. The molecule has 1 aromatic carbocycles. The van der Waals surface area contributed by atoms with E-state index in [1.165, 1.54) is 0 Å². The first kappa shape index (κ1) is 11.4. The molecule has 0 atom stereocenters. The van der Waals surface area contributed by atoms with Crippen molar-refractivity contribution in [1.82, 2.24) is 19.9 Å². The van der Waals surface area contributed by atoms with Crippen LogP contribution in [0.2, 0.25) is 0 Å². The van der Waals surface area contributed by atoms with E-state index in [1.807, 2.05) is 30.3 Å². The van der Waals surface area contributed by atoms with Gasteiger partial charge in [-0.1, -0.05) is 18.2 Å². The van der Waals surface area contributed by atoms with Crippen molar-refractivity contribution in [3.8, 4) is 0 Å². The van der Waals surface area contributed by atoms with Crippen LogP contribution in [0.15, 0.2) is 54.9 Å². The minimum absolute atomic E-state index is 0.105. The minimum atomic E-state index is -0.105. The van der Waals surface area contributed by atoms with Crippen LogP contribution in [0.4, 0.5) is 0 Å². The maximum Gasteiger partial charge on any atom is 0.251 e. The van der Waals surface area contributed by atoms with Crippen LogP contribution in [0.1, 0.15) is 16.1 Å². The summed E-state index contributed by atoms with van der Waals surface area (Å²) >= 11 is 0. The Labute approximate surface area is 109 Å². The van der Waals surface area contributed by atoms with Crippen LogP contribution in [0.5, 0.6) is 0 Å². The van der Waals surface area contributed by atoms with Crippen molar-refractivity contribution in [3.05, 3.63) is 66.1 Å². The van der Waals surface area contributed by atoms with Gasteiger partial charge in [0.1, 0.15) is 0 Å². The van der Waals surface area contributed by atoms with E-state index in [-0.39, 0.29) is 5.91 Å². The highest BCUT2D eigenvalue weighted by atomic mass is 16.1. The number of carbonyl (C=O) groups excluding carboxylic acids is 1. The number of aromatic nitrogens is 3. The first-order valence-electron chi connectivity index (χ1n) is 5.95. The second-order valence-corrected chi connectivity index (χ2v) is 4.09. The number of benzene rings is 1. The lowest BCUT2D eigenvalue weighted by Gasteiger charge is -2.04. The van der Waals surface area contributed by atoms with Gasteiger partial charge in [0.05, 0.1) is 18.4 Å². The second kappa shape index (κ2) is 4.89. The fourth-order valence-electron chi connectivity index (χ4n) is 1.86. The van der Waals surface area contributed by atoms with Gasteiger partial charge in [0.25, 0.3) is 5.91 Å². The zero-order valence-corrected chi connectivity index (χ0v) is 10.2. The number of hydrogen-bond donors (Lipinski definition) is 1. The number of rotatable bonds is 3. The van der Waals surface area contributed by atoms with E-state index in [0.29, 0.717) is 12.1 Å². The third-order valence-electron chi connectivity index (χ3n) is 2.81. The Morgan fingerprint density at radius 1 is 1.16 bits per heavy atom. The van der Waals surface area contributed by atoms with Crippen molar-refractivity contribution in [2.75, 3.05) is 0 Å². The molecule has 0 saturated heterocycles. The fourth-order valence-corrected chi connectivity index (χ4v) is 1.86. The van der Waals surface area contributed by atoms with E-state index in [4.69, 9.17) is 0 Å². The summed E-state index contributed by atoms with van der Waals surface area (Å²) in [5.74, 6) is -0.105. The number of nitrogens with one attached hydrogen (secondary N) is 1. The molecule has 0 spiro atoms. The Kier molecular flexibility index (Phi) is 2.94. The summed E-state index contributed by atoms with van der Waals surface area (Å²) in [5, 5.41) is 7.05. The first-order valence-corrected chi connectivity index (χ1v) is 5.95. The number of imidazole rings is 1. The highest BCUT2D eigenvalue weighted by Gasteiger charge is 2.07. The minimum Gasteiger partial charge on any atom is -0.346 e. The molecule has 3 rings (SSSR count). The Balaban J connectivity index is 1.75. The van der Waals surface area contributed by atoms with Crippen LogP contribution in [0.3, 0.4) is 0 Å². The third kappa shape index (κ3) is 2.30. The molecule has 2 heterocycles. The van der Waals surface area contributed by atoms with Crippen molar-refractivity contribution in [2.24, 2.45) is 0 Å². The molecule has 5 heteroatoms. The molecule has 2 aromatic heterocycles.